The van der Waals surface area contributed by atoms with Crippen LogP contribution in [-0.4, -0.2) is 13.1 Å². The Balaban J connectivity index is 2.40. The molecular weight excluding hydrogens is 126 g/mol. The first-order valence-electron chi connectivity index (χ1n) is 3.51. The molecule has 0 spiro atoms. The molecule has 2 heteroatoms. The molecule has 1 rings (SSSR count). The fraction of sp³-hybridized carbons (Fsp3) is 0.500. The third-order valence-corrected chi connectivity index (χ3v) is 1.61. The number of rotatable bonds is 3. The van der Waals surface area contributed by atoms with E-state index in [2.05, 4.69) is 12.2 Å². The summed E-state index contributed by atoms with van der Waals surface area (Å²) in [5.41, 5.74) is 1.25. The molecule has 2 nitrogen and oxygen atoms in total. The van der Waals surface area contributed by atoms with Crippen molar-refractivity contribution in [1.29, 1.82) is 0 Å². The lowest BCUT2D eigenvalue weighted by Gasteiger charge is -2.06. The molecule has 0 fully saturated rings. The van der Waals surface area contributed by atoms with Gasteiger partial charge in [0.2, 0.25) is 0 Å². The minimum atomic E-state index is 0.526. The van der Waals surface area contributed by atoms with Crippen molar-refractivity contribution in [3.05, 3.63) is 24.2 Å². The van der Waals surface area contributed by atoms with Gasteiger partial charge < -0.3 is 9.73 Å². The molecule has 0 saturated heterocycles. The van der Waals surface area contributed by atoms with Crippen LogP contribution in [0, 0.1) is 0 Å². The summed E-state index contributed by atoms with van der Waals surface area (Å²) in [7, 11) is 1.96. The second-order valence-electron chi connectivity index (χ2n) is 2.53. The summed E-state index contributed by atoms with van der Waals surface area (Å²) in [4.78, 5) is 0. The zero-order valence-electron chi connectivity index (χ0n) is 6.42. The minimum Gasteiger partial charge on any atom is -0.472 e. The smallest absolute Gasteiger partial charge is 0.0935 e. The van der Waals surface area contributed by atoms with Gasteiger partial charge in [-0.15, -0.1) is 0 Å². The van der Waals surface area contributed by atoms with E-state index in [1.54, 1.807) is 12.5 Å². The van der Waals surface area contributed by atoms with E-state index < -0.39 is 0 Å². The molecule has 0 aliphatic rings. The lowest BCUT2D eigenvalue weighted by molar-refractivity contribution is 0.555. The minimum absolute atomic E-state index is 0.526. The van der Waals surface area contributed by atoms with Crippen molar-refractivity contribution in [2.45, 2.75) is 19.4 Å². The van der Waals surface area contributed by atoms with Gasteiger partial charge in [-0.1, -0.05) is 0 Å². The predicted molar refractivity (Wildman–Crippen MR) is 40.9 cm³/mol. The highest BCUT2D eigenvalue weighted by atomic mass is 16.3. The standard InChI is InChI=1S/C8H13NO/c1-7(9-2)5-8-3-4-10-6-8/h3-4,6-7,9H,5H2,1-2H3. The van der Waals surface area contributed by atoms with E-state index >= 15 is 0 Å². The van der Waals surface area contributed by atoms with E-state index in [0.29, 0.717) is 6.04 Å². The molecule has 1 heterocycles. The Morgan fingerprint density at radius 1 is 1.70 bits per heavy atom. The van der Waals surface area contributed by atoms with E-state index in [9.17, 15) is 0 Å². The molecule has 56 valence electrons. The molecule has 1 aromatic rings. The van der Waals surface area contributed by atoms with Gasteiger partial charge >= 0.3 is 0 Å². The lowest BCUT2D eigenvalue weighted by Crippen LogP contribution is -2.23. The first kappa shape index (κ1) is 7.35. The molecule has 0 radical (unpaired) electrons. The Morgan fingerprint density at radius 3 is 3.00 bits per heavy atom. The normalized spacial score (nSPS) is 13.4. The third kappa shape index (κ3) is 1.88. The fourth-order valence-electron chi connectivity index (χ4n) is 0.864. The first-order chi connectivity index (χ1) is 4.83. The monoisotopic (exact) mass is 139 g/mol. The van der Waals surface area contributed by atoms with Gasteiger partial charge in [-0.3, -0.25) is 0 Å². The van der Waals surface area contributed by atoms with Crippen LogP contribution in [0.25, 0.3) is 0 Å². The Kier molecular flexibility index (Phi) is 2.51. The summed E-state index contributed by atoms with van der Waals surface area (Å²) in [5, 5.41) is 3.16. The summed E-state index contributed by atoms with van der Waals surface area (Å²) in [6.45, 7) is 2.15. The van der Waals surface area contributed by atoms with Gasteiger partial charge in [-0.05, 0) is 32.0 Å². The number of hydrogen-bond acceptors (Lipinski definition) is 2. The van der Waals surface area contributed by atoms with Crippen molar-refractivity contribution in [2.24, 2.45) is 0 Å². The van der Waals surface area contributed by atoms with Gasteiger partial charge in [0, 0.05) is 6.04 Å². The van der Waals surface area contributed by atoms with Gasteiger partial charge in [0.05, 0.1) is 12.5 Å². The van der Waals surface area contributed by atoms with Gasteiger partial charge in [0.1, 0.15) is 0 Å². The highest BCUT2D eigenvalue weighted by Crippen LogP contribution is 2.02. The Bertz CT molecular complexity index is 169. The van der Waals surface area contributed by atoms with Crippen molar-refractivity contribution in [2.75, 3.05) is 7.05 Å². The van der Waals surface area contributed by atoms with Crippen molar-refractivity contribution in [3.63, 3.8) is 0 Å². The van der Waals surface area contributed by atoms with Crippen molar-refractivity contribution in [3.8, 4) is 0 Å². The molecule has 0 bridgehead atoms. The molecule has 1 aromatic heterocycles. The summed E-state index contributed by atoms with van der Waals surface area (Å²) in [6.07, 6.45) is 4.53. The average Bonchev–Trinajstić information content (AvgIpc) is 2.40. The van der Waals surface area contributed by atoms with Crippen LogP contribution in [0.2, 0.25) is 0 Å². The topological polar surface area (TPSA) is 25.2 Å². The summed E-state index contributed by atoms with van der Waals surface area (Å²) in [5.74, 6) is 0. The number of nitrogens with one attached hydrogen (secondary N) is 1. The van der Waals surface area contributed by atoms with E-state index in [4.69, 9.17) is 4.42 Å². The van der Waals surface area contributed by atoms with Gasteiger partial charge in [-0.25, -0.2) is 0 Å². The maximum Gasteiger partial charge on any atom is 0.0935 e. The zero-order valence-corrected chi connectivity index (χ0v) is 6.42. The molecule has 1 atom stereocenters. The molecule has 0 aromatic carbocycles. The molecular formula is C8H13NO. The summed E-state index contributed by atoms with van der Waals surface area (Å²) < 4.78 is 4.93. The van der Waals surface area contributed by atoms with Crippen LogP contribution in [0.3, 0.4) is 0 Å². The van der Waals surface area contributed by atoms with Crippen LogP contribution in [0.1, 0.15) is 12.5 Å². The molecule has 1 unspecified atom stereocenters. The van der Waals surface area contributed by atoms with E-state index in [1.807, 2.05) is 13.1 Å². The molecule has 0 saturated carbocycles. The van der Waals surface area contributed by atoms with Crippen LogP contribution in [0.15, 0.2) is 23.0 Å². The van der Waals surface area contributed by atoms with Gasteiger partial charge in [0.15, 0.2) is 0 Å². The Hall–Kier alpha value is -0.760. The Morgan fingerprint density at radius 2 is 2.50 bits per heavy atom. The van der Waals surface area contributed by atoms with Crippen LogP contribution < -0.4 is 5.32 Å². The Labute approximate surface area is 61.2 Å². The molecule has 0 aliphatic heterocycles. The van der Waals surface area contributed by atoms with Crippen LogP contribution in [0.4, 0.5) is 0 Å². The summed E-state index contributed by atoms with van der Waals surface area (Å²) >= 11 is 0. The number of hydrogen-bond donors (Lipinski definition) is 1. The van der Waals surface area contributed by atoms with E-state index in [-0.39, 0.29) is 0 Å². The van der Waals surface area contributed by atoms with E-state index in [0.717, 1.165) is 6.42 Å². The zero-order chi connectivity index (χ0) is 7.40. The molecule has 1 N–H and O–H groups in total. The molecule has 0 aliphatic carbocycles. The lowest BCUT2D eigenvalue weighted by atomic mass is 10.1. The highest BCUT2D eigenvalue weighted by molar-refractivity contribution is 5.06. The highest BCUT2D eigenvalue weighted by Gasteiger charge is 1.99. The summed E-state index contributed by atoms with van der Waals surface area (Å²) in [6, 6.07) is 2.52. The fourth-order valence-corrected chi connectivity index (χ4v) is 0.864. The van der Waals surface area contributed by atoms with Gasteiger partial charge in [-0.2, -0.15) is 0 Å². The van der Waals surface area contributed by atoms with Crippen molar-refractivity contribution in [1.82, 2.24) is 5.32 Å². The van der Waals surface area contributed by atoms with Crippen LogP contribution >= 0.6 is 0 Å². The predicted octanol–water partition coefficient (Wildman–Crippen LogP) is 1.43. The SMILES string of the molecule is CNC(C)Cc1ccoc1. The second kappa shape index (κ2) is 3.42. The van der Waals surface area contributed by atoms with Crippen LogP contribution in [0.5, 0.6) is 0 Å². The number of likely N-dealkylation sites (N-methyl/N-ethyl adjacent to an activating group) is 1. The van der Waals surface area contributed by atoms with E-state index in [1.165, 1.54) is 5.56 Å². The van der Waals surface area contributed by atoms with Crippen molar-refractivity contribution < 1.29 is 4.42 Å². The number of furan rings is 1. The molecule has 10 heavy (non-hydrogen) atoms. The van der Waals surface area contributed by atoms with Crippen LogP contribution in [-0.2, 0) is 6.42 Å². The maximum absolute atomic E-state index is 4.93. The largest absolute Gasteiger partial charge is 0.472 e. The van der Waals surface area contributed by atoms with Gasteiger partial charge in [0.25, 0.3) is 0 Å². The first-order valence-corrected chi connectivity index (χ1v) is 3.51. The van der Waals surface area contributed by atoms with Crippen molar-refractivity contribution >= 4 is 0 Å². The quantitative estimate of drug-likeness (QED) is 0.685. The second-order valence-corrected chi connectivity index (χ2v) is 2.53. The maximum atomic E-state index is 4.93. The molecule has 0 amide bonds. The average molecular weight is 139 g/mol. The third-order valence-electron chi connectivity index (χ3n) is 1.61.